The van der Waals surface area contributed by atoms with Gasteiger partial charge in [0.15, 0.2) is 0 Å². The molecule has 1 N–H and O–H groups in total. The fourth-order valence-corrected chi connectivity index (χ4v) is 1.21. The summed E-state index contributed by atoms with van der Waals surface area (Å²) in [5, 5.41) is -0.500. The van der Waals surface area contributed by atoms with E-state index in [0.29, 0.717) is 5.76 Å². The van der Waals surface area contributed by atoms with E-state index in [4.69, 9.17) is 4.42 Å². The highest BCUT2D eigenvalue weighted by atomic mass is 32.2. The highest BCUT2D eigenvalue weighted by molar-refractivity contribution is 7.93. The van der Waals surface area contributed by atoms with Gasteiger partial charge in [-0.05, 0) is 20.8 Å². The van der Waals surface area contributed by atoms with Crippen molar-refractivity contribution in [1.29, 1.82) is 0 Å². The van der Waals surface area contributed by atoms with Gasteiger partial charge in [0.05, 0.1) is 11.4 Å². The van der Waals surface area contributed by atoms with Crippen molar-refractivity contribution in [2.75, 3.05) is 4.72 Å². The fourth-order valence-electron chi connectivity index (χ4n) is 0.641. The van der Waals surface area contributed by atoms with Crippen LogP contribution in [0.5, 0.6) is 0 Å². The fraction of sp³-hybridized carbons (Fsp3) is 0.571. The van der Waals surface area contributed by atoms with Crippen LogP contribution in [0.2, 0.25) is 0 Å². The van der Waals surface area contributed by atoms with Crippen LogP contribution in [0.3, 0.4) is 0 Å². The van der Waals surface area contributed by atoms with Crippen molar-refractivity contribution >= 4 is 16.0 Å². The number of anilines is 1. The molecule has 1 aromatic rings. The van der Waals surface area contributed by atoms with Gasteiger partial charge in [0.2, 0.25) is 10.0 Å². The number of nitrogens with one attached hydrogen (secondary N) is 1. The van der Waals surface area contributed by atoms with Gasteiger partial charge >= 0.3 is 6.01 Å². The molecule has 0 aliphatic rings. The molecule has 1 rings (SSSR count). The number of hydrogen-bond donors (Lipinski definition) is 1. The van der Waals surface area contributed by atoms with Crippen molar-refractivity contribution in [3.05, 3.63) is 12.0 Å². The van der Waals surface area contributed by atoms with E-state index in [2.05, 4.69) is 9.71 Å². The van der Waals surface area contributed by atoms with E-state index in [-0.39, 0.29) is 6.01 Å². The predicted octanol–water partition coefficient (Wildman–Crippen LogP) is 1.13. The van der Waals surface area contributed by atoms with Gasteiger partial charge < -0.3 is 4.42 Å². The zero-order valence-corrected chi connectivity index (χ0v) is 8.55. The molecule has 0 bridgehead atoms. The summed E-state index contributed by atoms with van der Waals surface area (Å²) in [6.07, 6.45) is 1.46. The molecule has 0 saturated carbocycles. The second kappa shape index (κ2) is 3.37. The molecule has 0 amide bonds. The number of aromatic nitrogens is 1. The SMILES string of the molecule is Cc1cnc(NS(=O)(=O)C(C)C)o1. The van der Waals surface area contributed by atoms with Crippen LogP contribution in [0.25, 0.3) is 0 Å². The number of rotatable bonds is 3. The van der Waals surface area contributed by atoms with E-state index in [1.54, 1.807) is 20.8 Å². The van der Waals surface area contributed by atoms with Gasteiger partial charge in [0.25, 0.3) is 0 Å². The summed E-state index contributed by atoms with van der Waals surface area (Å²) in [4.78, 5) is 3.73. The molecule has 1 heterocycles. The molecular formula is C7H12N2O3S. The predicted molar refractivity (Wildman–Crippen MR) is 48.9 cm³/mol. The van der Waals surface area contributed by atoms with E-state index in [9.17, 15) is 8.42 Å². The smallest absolute Gasteiger partial charge is 0.308 e. The van der Waals surface area contributed by atoms with Crippen molar-refractivity contribution < 1.29 is 12.8 Å². The second-order valence-electron chi connectivity index (χ2n) is 2.97. The van der Waals surface area contributed by atoms with Crippen LogP contribution in [0, 0.1) is 6.92 Å². The number of hydrogen-bond acceptors (Lipinski definition) is 4. The quantitative estimate of drug-likeness (QED) is 0.801. The van der Waals surface area contributed by atoms with E-state index >= 15 is 0 Å². The summed E-state index contributed by atoms with van der Waals surface area (Å²) < 4.78 is 29.8. The van der Waals surface area contributed by atoms with Crippen molar-refractivity contribution in [2.45, 2.75) is 26.0 Å². The molecule has 0 spiro atoms. The lowest BCUT2D eigenvalue weighted by atomic mass is 10.6. The number of oxazole rings is 1. The molecule has 13 heavy (non-hydrogen) atoms. The minimum Gasteiger partial charge on any atom is -0.428 e. The monoisotopic (exact) mass is 204 g/mol. The maximum Gasteiger partial charge on any atom is 0.308 e. The van der Waals surface area contributed by atoms with Crippen LogP contribution < -0.4 is 4.72 Å². The van der Waals surface area contributed by atoms with Gasteiger partial charge in [-0.2, -0.15) is 0 Å². The first-order chi connectivity index (χ1) is 5.92. The maximum atomic E-state index is 11.3. The highest BCUT2D eigenvalue weighted by Crippen LogP contribution is 2.11. The Balaban J connectivity index is 2.81. The average molecular weight is 204 g/mol. The Morgan fingerprint density at radius 1 is 1.54 bits per heavy atom. The number of nitrogens with zero attached hydrogens (tertiary/aromatic N) is 1. The minimum atomic E-state index is -3.34. The molecule has 0 aliphatic heterocycles. The van der Waals surface area contributed by atoms with Crippen molar-refractivity contribution in [1.82, 2.24) is 4.98 Å². The van der Waals surface area contributed by atoms with Crippen LogP contribution in [0.15, 0.2) is 10.6 Å². The van der Waals surface area contributed by atoms with Gasteiger partial charge in [0.1, 0.15) is 5.76 Å². The summed E-state index contributed by atoms with van der Waals surface area (Å²) in [5.74, 6) is 0.571. The summed E-state index contributed by atoms with van der Waals surface area (Å²) in [7, 11) is -3.34. The molecule has 0 atom stereocenters. The largest absolute Gasteiger partial charge is 0.428 e. The third-order valence-electron chi connectivity index (χ3n) is 1.47. The van der Waals surface area contributed by atoms with Gasteiger partial charge in [0, 0.05) is 0 Å². The standard InChI is InChI=1S/C7H12N2O3S/c1-5(2)13(10,11)9-7-8-4-6(3)12-7/h4-5H,1-3H3,(H,8,9). The Morgan fingerprint density at radius 2 is 2.15 bits per heavy atom. The summed E-state index contributed by atoms with van der Waals surface area (Å²) in [6, 6.07) is 0.0196. The van der Waals surface area contributed by atoms with Crippen LogP contribution in [0.1, 0.15) is 19.6 Å². The topological polar surface area (TPSA) is 72.2 Å². The summed E-state index contributed by atoms with van der Waals surface area (Å²) in [6.45, 7) is 4.86. The Hall–Kier alpha value is -1.04. The van der Waals surface area contributed by atoms with Crippen molar-refractivity contribution in [3.8, 4) is 0 Å². The third kappa shape index (κ3) is 2.45. The second-order valence-corrected chi connectivity index (χ2v) is 5.21. The maximum absolute atomic E-state index is 11.3. The van der Waals surface area contributed by atoms with Crippen molar-refractivity contribution in [3.63, 3.8) is 0 Å². The Morgan fingerprint density at radius 3 is 2.54 bits per heavy atom. The van der Waals surface area contributed by atoms with Crippen LogP contribution in [-0.2, 0) is 10.0 Å². The third-order valence-corrected chi connectivity index (χ3v) is 3.17. The van der Waals surface area contributed by atoms with E-state index < -0.39 is 15.3 Å². The molecule has 74 valence electrons. The first-order valence-corrected chi connectivity index (χ1v) is 5.40. The van der Waals surface area contributed by atoms with E-state index in [0.717, 1.165) is 0 Å². The van der Waals surface area contributed by atoms with Crippen LogP contribution in [-0.4, -0.2) is 18.7 Å². The Bertz CT molecular complexity index is 380. The molecule has 6 heteroatoms. The molecule has 5 nitrogen and oxygen atoms in total. The van der Waals surface area contributed by atoms with Gasteiger partial charge in [-0.15, -0.1) is 0 Å². The molecule has 0 fully saturated rings. The summed E-state index contributed by atoms with van der Waals surface area (Å²) in [5.41, 5.74) is 0. The molecule has 0 saturated heterocycles. The molecule has 0 unspecified atom stereocenters. The zero-order valence-electron chi connectivity index (χ0n) is 7.73. The number of aryl methyl sites for hydroxylation is 1. The zero-order chi connectivity index (χ0) is 10.1. The van der Waals surface area contributed by atoms with E-state index in [1.165, 1.54) is 6.20 Å². The average Bonchev–Trinajstić information content (AvgIpc) is 2.34. The molecule has 1 aromatic heterocycles. The molecule has 0 radical (unpaired) electrons. The van der Waals surface area contributed by atoms with E-state index in [1.807, 2.05) is 0 Å². The molecular weight excluding hydrogens is 192 g/mol. The first kappa shape index (κ1) is 10.0. The van der Waals surface area contributed by atoms with Crippen molar-refractivity contribution in [2.24, 2.45) is 0 Å². The van der Waals surface area contributed by atoms with Crippen LogP contribution >= 0.6 is 0 Å². The summed E-state index contributed by atoms with van der Waals surface area (Å²) >= 11 is 0. The number of sulfonamides is 1. The normalized spacial score (nSPS) is 12.0. The lowest BCUT2D eigenvalue weighted by Crippen LogP contribution is -2.22. The minimum absolute atomic E-state index is 0.0196. The van der Waals surface area contributed by atoms with Gasteiger partial charge in [-0.25, -0.2) is 18.1 Å². The van der Waals surface area contributed by atoms with Gasteiger partial charge in [-0.1, -0.05) is 0 Å². The Kier molecular flexibility index (Phi) is 2.60. The molecule has 0 aromatic carbocycles. The lowest BCUT2D eigenvalue weighted by molar-refractivity contribution is 0.542. The Labute approximate surface area is 77.2 Å². The first-order valence-electron chi connectivity index (χ1n) is 3.86. The molecule has 0 aliphatic carbocycles. The highest BCUT2D eigenvalue weighted by Gasteiger charge is 2.17. The lowest BCUT2D eigenvalue weighted by Gasteiger charge is -2.06. The van der Waals surface area contributed by atoms with Gasteiger partial charge in [-0.3, -0.25) is 0 Å². The van der Waals surface area contributed by atoms with Crippen LogP contribution in [0.4, 0.5) is 6.01 Å².